The summed E-state index contributed by atoms with van der Waals surface area (Å²) >= 11 is 4.09. The molecule has 0 heterocycles. The second-order valence-corrected chi connectivity index (χ2v) is 11.2. The van der Waals surface area contributed by atoms with Gasteiger partial charge in [0.2, 0.25) is 0 Å². The lowest BCUT2D eigenvalue weighted by Crippen LogP contribution is -2.54. The zero-order valence-corrected chi connectivity index (χ0v) is 23.1. The molecule has 0 aliphatic carbocycles. The first-order valence-corrected chi connectivity index (χ1v) is 12.0. The zero-order valence-electron chi connectivity index (χ0n) is 22.2. The Balaban J connectivity index is 5.02. The molecule has 0 aromatic heterocycles. The van der Waals surface area contributed by atoms with Gasteiger partial charge in [-0.3, -0.25) is 9.59 Å². The molecule has 0 aliphatic rings. The summed E-state index contributed by atoms with van der Waals surface area (Å²) in [6.07, 6.45) is -1.13. The molecule has 0 aromatic rings. The fourth-order valence-corrected chi connectivity index (χ4v) is 2.73. The van der Waals surface area contributed by atoms with E-state index in [9.17, 15) is 24.0 Å². The van der Waals surface area contributed by atoms with Crippen LogP contribution in [0.15, 0.2) is 0 Å². The first kappa shape index (κ1) is 32.5. The van der Waals surface area contributed by atoms with E-state index >= 15 is 0 Å². The summed E-state index contributed by atoms with van der Waals surface area (Å²) in [5, 5.41) is 7.26. The van der Waals surface area contributed by atoms with Crippen LogP contribution in [0.2, 0.25) is 0 Å². The van der Waals surface area contributed by atoms with Gasteiger partial charge in [-0.2, -0.15) is 12.6 Å². The maximum atomic E-state index is 12.5. The van der Waals surface area contributed by atoms with Crippen LogP contribution >= 0.6 is 12.6 Å². The Morgan fingerprint density at radius 3 is 1.69 bits per heavy atom. The number of alkyl carbamates (subject to hydrolysis) is 1. The third kappa shape index (κ3) is 16.7. The zero-order chi connectivity index (χ0) is 27.6. The van der Waals surface area contributed by atoms with Crippen LogP contribution in [0.3, 0.4) is 0 Å². The van der Waals surface area contributed by atoms with E-state index in [4.69, 9.17) is 14.2 Å². The second kappa shape index (κ2) is 13.6. The summed E-state index contributed by atoms with van der Waals surface area (Å²) in [5.74, 6) is -1.72. The van der Waals surface area contributed by atoms with E-state index < -0.39 is 58.7 Å². The first-order valence-electron chi connectivity index (χ1n) is 11.3. The van der Waals surface area contributed by atoms with E-state index in [0.29, 0.717) is 0 Å². The van der Waals surface area contributed by atoms with Gasteiger partial charge in [0.05, 0.1) is 19.0 Å². The Labute approximate surface area is 213 Å². The molecule has 202 valence electrons. The van der Waals surface area contributed by atoms with Gasteiger partial charge < -0.3 is 30.2 Å². The number of carbonyl (C=O) groups excluding carboxylic acids is 5. The van der Waals surface area contributed by atoms with Gasteiger partial charge in [0.15, 0.2) is 5.78 Å². The second-order valence-electron chi connectivity index (χ2n) is 10.9. The number of esters is 2. The Hall–Kier alpha value is -2.50. The minimum atomic E-state index is -1.24. The number of ether oxygens (including phenoxy) is 3. The number of thiol groups is 1. The molecule has 35 heavy (non-hydrogen) atoms. The molecule has 12 heteroatoms. The topological polar surface area (TPSA) is 149 Å². The van der Waals surface area contributed by atoms with Crippen molar-refractivity contribution >= 4 is 42.5 Å². The summed E-state index contributed by atoms with van der Waals surface area (Å²) < 4.78 is 15.6. The van der Waals surface area contributed by atoms with E-state index in [1.165, 1.54) is 0 Å². The van der Waals surface area contributed by atoms with Crippen LogP contribution in [0.4, 0.5) is 9.59 Å². The average molecular weight is 520 g/mol. The van der Waals surface area contributed by atoms with Gasteiger partial charge in [-0.25, -0.2) is 14.4 Å². The SMILES string of the molecule is CC(C)(C)OC(=O)CCC(=O)[C@H](CS)NC(=O)NC[C@H](NC(=O)OC(C)(C)C)C(=O)OC(C)(C)C. The molecule has 0 saturated carbocycles. The quantitative estimate of drug-likeness (QED) is 0.195. The molecule has 0 spiro atoms. The Bertz CT molecular complexity index is 766. The molecule has 0 saturated heterocycles. The fraction of sp³-hybridized carbons (Fsp3) is 0.783. The largest absolute Gasteiger partial charge is 0.460 e. The van der Waals surface area contributed by atoms with E-state index in [1.54, 1.807) is 62.3 Å². The smallest absolute Gasteiger partial charge is 0.408 e. The maximum absolute atomic E-state index is 12.5. The van der Waals surface area contributed by atoms with Crippen LogP contribution in [-0.2, 0) is 28.6 Å². The molecule has 0 radical (unpaired) electrons. The van der Waals surface area contributed by atoms with Gasteiger partial charge in [-0.05, 0) is 62.3 Å². The minimum Gasteiger partial charge on any atom is -0.460 e. The van der Waals surface area contributed by atoms with Gasteiger partial charge in [-0.15, -0.1) is 0 Å². The number of nitrogens with one attached hydrogen (secondary N) is 3. The number of urea groups is 1. The van der Waals surface area contributed by atoms with Gasteiger partial charge >= 0.3 is 24.1 Å². The summed E-state index contributed by atoms with van der Waals surface area (Å²) in [6, 6.07) is -2.99. The lowest BCUT2D eigenvalue weighted by atomic mass is 10.1. The molecule has 0 aromatic carbocycles. The van der Waals surface area contributed by atoms with Crippen molar-refractivity contribution in [1.29, 1.82) is 0 Å². The van der Waals surface area contributed by atoms with Crippen LogP contribution in [0.25, 0.3) is 0 Å². The van der Waals surface area contributed by atoms with Gasteiger partial charge in [0.25, 0.3) is 0 Å². The Morgan fingerprint density at radius 2 is 1.23 bits per heavy atom. The number of hydrogen-bond acceptors (Lipinski definition) is 9. The molecule has 11 nitrogen and oxygen atoms in total. The van der Waals surface area contributed by atoms with Crippen LogP contribution in [0.1, 0.15) is 75.2 Å². The van der Waals surface area contributed by atoms with Crippen LogP contribution in [0, 0.1) is 0 Å². The number of ketones is 1. The molecule has 0 fully saturated rings. The highest BCUT2D eigenvalue weighted by Crippen LogP contribution is 2.11. The third-order valence-electron chi connectivity index (χ3n) is 3.72. The lowest BCUT2D eigenvalue weighted by molar-refractivity contribution is -0.157. The molecular formula is C23H41N3O8S. The number of hydrogen-bond donors (Lipinski definition) is 4. The fourth-order valence-electron chi connectivity index (χ4n) is 2.44. The highest BCUT2D eigenvalue weighted by molar-refractivity contribution is 7.80. The molecule has 0 rings (SSSR count). The van der Waals surface area contributed by atoms with Crippen molar-refractivity contribution in [3.05, 3.63) is 0 Å². The molecule has 3 N–H and O–H groups in total. The van der Waals surface area contributed by atoms with Gasteiger partial charge in [-0.1, -0.05) is 0 Å². The van der Waals surface area contributed by atoms with Crippen molar-refractivity contribution in [3.63, 3.8) is 0 Å². The van der Waals surface area contributed by atoms with Crippen LogP contribution in [0.5, 0.6) is 0 Å². The highest BCUT2D eigenvalue weighted by Gasteiger charge is 2.30. The minimum absolute atomic E-state index is 0.00771. The average Bonchev–Trinajstić information content (AvgIpc) is 2.63. The molecule has 3 amide bonds. The summed E-state index contributed by atoms with van der Waals surface area (Å²) in [4.78, 5) is 61.3. The van der Waals surface area contributed by atoms with Crippen molar-refractivity contribution < 1.29 is 38.2 Å². The van der Waals surface area contributed by atoms with E-state index in [0.717, 1.165) is 0 Å². The highest BCUT2D eigenvalue weighted by atomic mass is 32.1. The van der Waals surface area contributed by atoms with Crippen molar-refractivity contribution in [2.75, 3.05) is 12.3 Å². The summed E-state index contributed by atoms with van der Waals surface area (Å²) in [7, 11) is 0. The van der Waals surface area contributed by atoms with Crippen LogP contribution < -0.4 is 16.0 Å². The molecule has 0 unspecified atom stereocenters. The monoisotopic (exact) mass is 519 g/mol. The van der Waals surface area contributed by atoms with Crippen LogP contribution in [-0.4, -0.2) is 71.0 Å². The maximum Gasteiger partial charge on any atom is 0.408 e. The predicted octanol–water partition coefficient (Wildman–Crippen LogP) is 2.51. The van der Waals surface area contributed by atoms with Gasteiger partial charge in [0.1, 0.15) is 22.8 Å². The van der Waals surface area contributed by atoms with E-state index in [2.05, 4.69) is 28.6 Å². The molecule has 2 atom stereocenters. The number of amides is 3. The Kier molecular flexibility index (Phi) is 12.6. The standard InChI is InChI=1S/C23H41N3O8S/c1-21(2,3)32-17(28)11-10-16(27)15(13-35)25-19(30)24-12-14(18(29)33-22(4,5)6)26-20(31)34-23(7,8)9/h14-15,35H,10-13H2,1-9H3,(H,26,31)(H2,24,25,30)/t14-,15-/m0/s1. The lowest BCUT2D eigenvalue weighted by Gasteiger charge is -2.26. The third-order valence-corrected chi connectivity index (χ3v) is 4.09. The number of rotatable bonds is 10. The van der Waals surface area contributed by atoms with Crippen molar-refractivity contribution in [2.24, 2.45) is 0 Å². The van der Waals surface area contributed by atoms with E-state index in [-0.39, 0.29) is 25.1 Å². The number of Topliss-reactive ketones (excluding diaryl/α,β-unsaturated/α-hetero) is 1. The number of carbonyl (C=O) groups is 5. The van der Waals surface area contributed by atoms with Gasteiger partial charge in [0, 0.05) is 12.2 Å². The Morgan fingerprint density at radius 1 is 0.714 bits per heavy atom. The van der Waals surface area contributed by atoms with Crippen molar-refractivity contribution in [2.45, 2.75) is 104 Å². The first-order chi connectivity index (χ1) is 15.7. The molecular weight excluding hydrogens is 478 g/mol. The normalized spacial score (nSPS) is 13.7. The summed E-state index contributed by atoms with van der Waals surface area (Å²) in [5.41, 5.74) is -2.29. The molecule has 0 aliphatic heterocycles. The molecule has 0 bridgehead atoms. The summed E-state index contributed by atoms with van der Waals surface area (Å²) in [6.45, 7) is 14.8. The van der Waals surface area contributed by atoms with E-state index in [1.807, 2.05) is 0 Å². The van der Waals surface area contributed by atoms with Crippen molar-refractivity contribution in [3.8, 4) is 0 Å². The predicted molar refractivity (Wildman–Crippen MR) is 133 cm³/mol. The van der Waals surface area contributed by atoms with Crippen molar-refractivity contribution in [1.82, 2.24) is 16.0 Å².